The van der Waals surface area contributed by atoms with Crippen molar-refractivity contribution < 1.29 is 14.3 Å². The molecule has 0 aliphatic heterocycles. The quantitative estimate of drug-likeness (QED) is 0.493. The van der Waals surface area contributed by atoms with Crippen LogP contribution in [0, 0.1) is 6.92 Å². The monoisotopic (exact) mass is 412 g/mol. The first-order valence-corrected chi connectivity index (χ1v) is 9.96. The number of nitrogens with one attached hydrogen (secondary N) is 1. The summed E-state index contributed by atoms with van der Waals surface area (Å²) in [4.78, 5) is 41.4. The lowest BCUT2D eigenvalue weighted by Crippen LogP contribution is -2.26. The molecule has 9 heteroatoms. The molecular weight excluding hydrogens is 392 g/mol. The standard InChI is InChI=1S/C20H20N4O4S/c1-13-17(19(26)24(23(13)2)14-8-5-4-6-9-14)22-16(25)12-28-20(27)15-10-7-11-21-18(15)29-3/h4-11H,12H2,1-3H3,(H,22,25). The Kier molecular flexibility index (Phi) is 6.18. The van der Waals surface area contributed by atoms with Gasteiger partial charge in [0.1, 0.15) is 10.7 Å². The molecule has 1 amide bonds. The number of amides is 1. The van der Waals surface area contributed by atoms with Crippen LogP contribution in [0.15, 0.2) is 58.5 Å². The van der Waals surface area contributed by atoms with Gasteiger partial charge >= 0.3 is 5.97 Å². The molecule has 2 heterocycles. The maximum atomic E-state index is 12.8. The van der Waals surface area contributed by atoms with E-state index in [9.17, 15) is 14.4 Å². The van der Waals surface area contributed by atoms with Crippen LogP contribution in [0.25, 0.3) is 5.69 Å². The minimum Gasteiger partial charge on any atom is -0.452 e. The molecule has 1 N–H and O–H groups in total. The van der Waals surface area contributed by atoms with Crippen molar-refractivity contribution in [2.45, 2.75) is 11.9 Å². The second kappa shape index (κ2) is 8.78. The summed E-state index contributed by atoms with van der Waals surface area (Å²) in [6.45, 7) is 1.21. The Balaban J connectivity index is 1.73. The van der Waals surface area contributed by atoms with Gasteiger partial charge in [0.25, 0.3) is 11.5 Å². The number of nitrogens with zero attached hydrogens (tertiary/aromatic N) is 3. The van der Waals surface area contributed by atoms with Gasteiger partial charge in [0, 0.05) is 13.2 Å². The van der Waals surface area contributed by atoms with E-state index < -0.39 is 18.5 Å². The number of hydrogen-bond acceptors (Lipinski definition) is 6. The number of rotatable bonds is 6. The van der Waals surface area contributed by atoms with Gasteiger partial charge in [0.2, 0.25) is 0 Å². The number of ether oxygens (including phenoxy) is 1. The van der Waals surface area contributed by atoms with Gasteiger partial charge < -0.3 is 10.1 Å². The average Bonchev–Trinajstić information content (AvgIpc) is 2.95. The summed E-state index contributed by atoms with van der Waals surface area (Å²) in [5, 5.41) is 3.07. The molecule has 0 saturated carbocycles. The number of carbonyl (C=O) groups excluding carboxylic acids is 2. The fourth-order valence-electron chi connectivity index (χ4n) is 2.81. The van der Waals surface area contributed by atoms with E-state index in [-0.39, 0.29) is 16.8 Å². The number of aromatic nitrogens is 3. The van der Waals surface area contributed by atoms with E-state index in [1.807, 2.05) is 18.2 Å². The molecule has 0 bridgehead atoms. The molecule has 0 spiro atoms. The van der Waals surface area contributed by atoms with E-state index in [2.05, 4.69) is 10.3 Å². The number of esters is 1. The van der Waals surface area contributed by atoms with Crippen molar-refractivity contribution in [2.75, 3.05) is 18.2 Å². The SMILES string of the molecule is CSc1ncccc1C(=O)OCC(=O)Nc1c(C)n(C)n(-c2ccccc2)c1=O. The second-order valence-electron chi connectivity index (χ2n) is 6.12. The summed E-state index contributed by atoms with van der Waals surface area (Å²) in [7, 11) is 1.73. The van der Waals surface area contributed by atoms with Gasteiger partial charge in [-0.2, -0.15) is 0 Å². The van der Waals surface area contributed by atoms with Crippen molar-refractivity contribution in [1.29, 1.82) is 0 Å². The number of pyridine rings is 1. The van der Waals surface area contributed by atoms with Crippen molar-refractivity contribution >= 4 is 29.3 Å². The van der Waals surface area contributed by atoms with E-state index in [0.29, 0.717) is 16.4 Å². The lowest BCUT2D eigenvalue weighted by atomic mass is 10.3. The first kappa shape index (κ1) is 20.4. The fourth-order valence-corrected chi connectivity index (χ4v) is 3.34. The lowest BCUT2D eigenvalue weighted by molar-refractivity contribution is -0.119. The molecule has 0 unspecified atom stereocenters. The predicted octanol–water partition coefficient (Wildman–Crippen LogP) is 2.40. The summed E-state index contributed by atoms with van der Waals surface area (Å²) in [5.41, 5.74) is 1.32. The number of carbonyl (C=O) groups is 2. The molecule has 0 aliphatic carbocycles. The van der Waals surface area contributed by atoms with Crippen LogP contribution < -0.4 is 10.9 Å². The van der Waals surface area contributed by atoms with Gasteiger partial charge in [-0.1, -0.05) is 18.2 Å². The van der Waals surface area contributed by atoms with Crippen LogP contribution in [-0.2, 0) is 16.6 Å². The Morgan fingerprint density at radius 3 is 2.59 bits per heavy atom. The van der Waals surface area contributed by atoms with Gasteiger partial charge in [-0.15, -0.1) is 11.8 Å². The zero-order chi connectivity index (χ0) is 21.0. The Hall–Kier alpha value is -3.33. The molecule has 150 valence electrons. The summed E-state index contributed by atoms with van der Waals surface area (Å²) in [6.07, 6.45) is 3.37. The molecule has 0 aliphatic rings. The van der Waals surface area contributed by atoms with Crippen molar-refractivity contribution in [3.63, 3.8) is 0 Å². The van der Waals surface area contributed by atoms with Gasteiger partial charge in [0.15, 0.2) is 6.61 Å². The van der Waals surface area contributed by atoms with Crippen LogP contribution >= 0.6 is 11.8 Å². The van der Waals surface area contributed by atoms with E-state index in [1.54, 1.807) is 55.4 Å². The van der Waals surface area contributed by atoms with Gasteiger partial charge in [-0.05, 0) is 37.4 Å². The van der Waals surface area contributed by atoms with Gasteiger partial charge in [0.05, 0.1) is 16.9 Å². The highest BCUT2D eigenvalue weighted by Crippen LogP contribution is 2.18. The van der Waals surface area contributed by atoms with Crippen LogP contribution in [-0.4, -0.2) is 39.1 Å². The van der Waals surface area contributed by atoms with Crippen LogP contribution in [0.4, 0.5) is 5.69 Å². The number of benzene rings is 1. The summed E-state index contributed by atoms with van der Waals surface area (Å²) < 4.78 is 8.19. The highest BCUT2D eigenvalue weighted by atomic mass is 32.2. The third-order valence-electron chi connectivity index (χ3n) is 4.34. The number of thioether (sulfide) groups is 1. The maximum absolute atomic E-state index is 12.8. The van der Waals surface area contributed by atoms with Crippen molar-refractivity contribution in [2.24, 2.45) is 7.05 Å². The van der Waals surface area contributed by atoms with Crippen molar-refractivity contribution in [3.8, 4) is 5.69 Å². The Labute approximate surface area is 171 Å². The van der Waals surface area contributed by atoms with Crippen LogP contribution in [0.3, 0.4) is 0 Å². The Morgan fingerprint density at radius 2 is 1.90 bits per heavy atom. The number of para-hydroxylation sites is 1. The van der Waals surface area contributed by atoms with E-state index in [1.165, 1.54) is 16.4 Å². The Bertz CT molecular complexity index is 1110. The average molecular weight is 412 g/mol. The molecule has 3 aromatic rings. The van der Waals surface area contributed by atoms with E-state index >= 15 is 0 Å². The smallest absolute Gasteiger partial charge is 0.341 e. The Morgan fingerprint density at radius 1 is 1.17 bits per heavy atom. The third kappa shape index (κ3) is 4.24. The zero-order valence-corrected chi connectivity index (χ0v) is 17.0. The molecule has 0 atom stereocenters. The number of hydrogen-bond donors (Lipinski definition) is 1. The summed E-state index contributed by atoms with van der Waals surface area (Å²) in [6, 6.07) is 12.3. The highest BCUT2D eigenvalue weighted by Gasteiger charge is 2.19. The first-order valence-electron chi connectivity index (χ1n) is 8.74. The molecule has 29 heavy (non-hydrogen) atoms. The second-order valence-corrected chi connectivity index (χ2v) is 6.92. The normalized spacial score (nSPS) is 10.6. The summed E-state index contributed by atoms with van der Waals surface area (Å²) in [5.74, 6) is -1.25. The first-order chi connectivity index (χ1) is 13.9. The third-order valence-corrected chi connectivity index (χ3v) is 5.05. The topological polar surface area (TPSA) is 95.2 Å². The van der Waals surface area contributed by atoms with Crippen LogP contribution in [0.5, 0.6) is 0 Å². The highest BCUT2D eigenvalue weighted by molar-refractivity contribution is 7.98. The summed E-state index contributed by atoms with van der Waals surface area (Å²) >= 11 is 1.31. The molecule has 0 fully saturated rings. The number of anilines is 1. The predicted molar refractivity (Wildman–Crippen MR) is 111 cm³/mol. The maximum Gasteiger partial charge on any atom is 0.341 e. The van der Waals surface area contributed by atoms with E-state index in [0.717, 1.165) is 0 Å². The molecule has 0 radical (unpaired) electrons. The van der Waals surface area contributed by atoms with E-state index in [4.69, 9.17) is 4.74 Å². The minimum atomic E-state index is -0.649. The minimum absolute atomic E-state index is 0.142. The van der Waals surface area contributed by atoms with Crippen LogP contribution in [0.2, 0.25) is 0 Å². The van der Waals surface area contributed by atoms with Crippen molar-refractivity contribution in [3.05, 3.63) is 70.3 Å². The molecular formula is C20H20N4O4S. The molecule has 2 aromatic heterocycles. The molecule has 0 saturated heterocycles. The van der Waals surface area contributed by atoms with Crippen LogP contribution in [0.1, 0.15) is 16.1 Å². The van der Waals surface area contributed by atoms with Gasteiger partial charge in [-0.25, -0.2) is 14.5 Å². The lowest BCUT2D eigenvalue weighted by Gasteiger charge is -2.08. The molecule has 3 rings (SSSR count). The van der Waals surface area contributed by atoms with Crippen molar-refractivity contribution in [1.82, 2.24) is 14.3 Å². The van der Waals surface area contributed by atoms with Gasteiger partial charge in [-0.3, -0.25) is 14.3 Å². The fraction of sp³-hybridized carbons (Fsp3) is 0.200. The molecule has 8 nitrogen and oxygen atoms in total. The largest absolute Gasteiger partial charge is 0.452 e. The molecule has 1 aromatic carbocycles. The zero-order valence-electron chi connectivity index (χ0n) is 16.2.